The zero-order valence-electron chi connectivity index (χ0n) is 13.0. The third-order valence-corrected chi connectivity index (χ3v) is 3.59. The lowest BCUT2D eigenvalue weighted by molar-refractivity contribution is 0.0929. The summed E-state index contributed by atoms with van der Waals surface area (Å²) in [7, 11) is 0. The van der Waals surface area contributed by atoms with Gasteiger partial charge >= 0.3 is 0 Å². The first kappa shape index (κ1) is 14.9. The maximum absolute atomic E-state index is 12.4. The molecule has 1 aliphatic rings. The molecule has 3 heteroatoms. The summed E-state index contributed by atoms with van der Waals surface area (Å²) in [5.41, 5.74) is 2.13. The summed E-state index contributed by atoms with van der Waals surface area (Å²) in [6, 6.07) is 6.11. The van der Waals surface area contributed by atoms with Crippen LogP contribution in [0.15, 0.2) is 18.2 Å². The SMILES string of the molecule is CCOc1ccc2c(c1)C(=O)NC(CC(C)(C)C)CC2. The van der Waals surface area contributed by atoms with Crippen LogP contribution in [0.1, 0.15) is 56.5 Å². The van der Waals surface area contributed by atoms with Crippen molar-refractivity contribution in [2.45, 2.75) is 53.0 Å². The number of rotatable bonds is 3. The van der Waals surface area contributed by atoms with Crippen molar-refractivity contribution in [3.63, 3.8) is 0 Å². The molecule has 0 radical (unpaired) electrons. The van der Waals surface area contributed by atoms with Crippen LogP contribution in [0.2, 0.25) is 0 Å². The minimum absolute atomic E-state index is 0.0355. The number of aryl methyl sites for hydroxylation is 1. The Morgan fingerprint density at radius 3 is 2.75 bits per heavy atom. The van der Waals surface area contributed by atoms with Gasteiger partial charge < -0.3 is 10.1 Å². The van der Waals surface area contributed by atoms with Gasteiger partial charge in [-0.3, -0.25) is 4.79 Å². The predicted molar refractivity (Wildman–Crippen MR) is 81.3 cm³/mol. The summed E-state index contributed by atoms with van der Waals surface area (Å²) in [5, 5.41) is 3.17. The molecule has 0 aromatic heterocycles. The molecule has 1 aliphatic heterocycles. The fourth-order valence-electron chi connectivity index (χ4n) is 2.80. The molecule has 0 fully saturated rings. The van der Waals surface area contributed by atoms with E-state index in [0.29, 0.717) is 6.61 Å². The molecule has 20 heavy (non-hydrogen) atoms. The van der Waals surface area contributed by atoms with Gasteiger partial charge in [-0.2, -0.15) is 0 Å². The van der Waals surface area contributed by atoms with Gasteiger partial charge in [0.05, 0.1) is 6.61 Å². The van der Waals surface area contributed by atoms with E-state index < -0.39 is 0 Å². The third-order valence-electron chi connectivity index (χ3n) is 3.59. The molecule has 1 amide bonds. The second-order valence-electron chi connectivity index (χ2n) is 6.73. The normalized spacial score (nSPS) is 19.0. The second kappa shape index (κ2) is 5.86. The highest BCUT2D eigenvalue weighted by Gasteiger charge is 2.25. The minimum atomic E-state index is 0.0355. The standard InChI is InChI=1S/C17H25NO2/c1-5-20-14-9-7-12-6-8-13(11-17(2,3)4)18-16(19)15(12)10-14/h7,9-10,13H,5-6,8,11H2,1-4H3,(H,18,19). The van der Waals surface area contributed by atoms with Crippen LogP contribution < -0.4 is 10.1 Å². The van der Waals surface area contributed by atoms with Gasteiger partial charge in [-0.1, -0.05) is 26.8 Å². The predicted octanol–water partition coefficient (Wildman–Crippen LogP) is 3.57. The van der Waals surface area contributed by atoms with E-state index in [1.807, 2.05) is 25.1 Å². The molecule has 0 aliphatic carbocycles. The molecule has 0 spiro atoms. The number of nitrogens with one attached hydrogen (secondary N) is 1. The van der Waals surface area contributed by atoms with E-state index in [-0.39, 0.29) is 17.4 Å². The summed E-state index contributed by atoms with van der Waals surface area (Å²) in [6.45, 7) is 9.21. The highest BCUT2D eigenvalue weighted by Crippen LogP contribution is 2.27. The summed E-state index contributed by atoms with van der Waals surface area (Å²) < 4.78 is 5.49. The van der Waals surface area contributed by atoms with Gasteiger partial charge in [-0.15, -0.1) is 0 Å². The van der Waals surface area contributed by atoms with Crippen LogP contribution >= 0.6 is 0 Å². The molecular formula is C17H25NO2. The fraction of sp³-hybridized carbons (Fsp3) is 0.588. The quantitative estimate of drug-likeness (QED) is 0.916. The molecule has 1 aromatic rings. The van der Waals surface area contributed by atoms with Crippen LogP contribution in [-0.4, -0.2) is 18.6 Å². The van der Waals surface area contributed by atoms with Crippen molar-refractivity contribution >= 4 is 5.91 Å². The van der Waals surface area contributed by atoms with Gasteiger partial charge in [0.2, 0.25) is 0 Å². The third kappa shape index (κ3) is 3.75. The molecule has 0 saturated carbocycles. The van der Waals surface area contributed by atoms with E-state index in [4.69, 9.17) is 4.74 Å². The Kier molecular flexibility index (Phi) is 4.36. The lowest BCUT2D eigenvalue weighted by atomic mass is 9.86. The van der Waals surface area contributed by atoms with Crippen LogP contribution in [-0.2, 0) is 6.42 Å². The van der Waals surface area contributed by atoms with Crippen LogP contribution in [0.4, 0.5) is 0 Å². The number of carbonyl (C=O) groups is 1. The first-order valence-electron chi connectivity index (χ1n) is 7.45. The highest BCUT2D eigenvalue weighted by atomic mass is 16.5. The Balaban J connectivity index is 2.18. The van der Waals surface area contributed by atoms with Crippen LogP contribution in [0.3, 0.4) is 0 Å². The summed E-state index contributed by atoms with van der Waals surface area (Å²) >= 11 is 0. The molecule has 0 bridgehead atoms. The van der Waals surface area contributed by atoms with E-state index in [2.05, 4.69) is 26.1 Å². The van der Waals surface area contributed by atoms with Crippen LogP contribution in [0, 0.1) is 5.41 Å². The number of ether oxygens (including phenoxy) is 1. The number of benzene rings is 1. The Bertz CT molecular complexity index is 488. The van der Waals surface area contributed by atoms with E-state index in [9.17, 15) is 4.79 Å². The molecule has 110 valence electrons. The second-order valence-corrected chi connectivity index (χ2v) is 6.73. The van der Waals surface area contributed by atoms with Crippen LogP contribution in [0.25, 0.3) is 0 Å². The molecule has 0 saturated heterocycles. The molecule has 1 N–H and O–H groups in total. The molecule has 1 unspecified atom stereocenters. The summed E-state index contributed by atoms with van der Waals surface area (Å²) in [5.74, 6) is 0.809. The van der Waals surface area contributed by atoms with Gasteiger partial charge in [0.1, 0.15) is 5.75 Å². The Morgan fingerprint density at radius 2 is 2.10 bits per heavy atom. The van der Waals surface area contributed by atoms with Crippen molar-refractivity contribution in [3.8, 4) is 5.75 Å². The molecule has 1 aromatic carbocycles. The van der Waals surface area contributed by atoms with E-state index in [1.54, 1.807) is 0 Å². The van der Waals surface area contributed by atoms with E-state index in [1.165, 1.54) is 0 Å². The minimum Gasteiger partial charge on any atom is -0.494 e. The van der Waals surface area contributed by atoms with E-state index >= 15 is 0 Å². The monoisotopic (exact) mass is 275 g/mol. The number of amides is 1. The van der Waals surface area contributed by atoms with Crippen LogP contribution in [0.5, 0.6) is 5.75 Å². The first-order valence-corrected chi connectivity index (χ1v) is 7.45. The van der Waals surface area contributed by atoms with Crippen molar-refractivity contribution in [2.24, 2.45) is 5.41 Å². The zero-order chi connectivity index (χ0) is 14.8. The van der Waals surface area contributed by atoms with Crippen molar-refractivity contribution < 1.29 is 9.53 Å². The summed E-state index contributed by atoms with van der Waals surface area (Å²) in [6.07, 6.45) is 2.95. The fourth-order valence-corrected chi connectivity index (χ4v) is 2.80. The Morgan fingerprint density at radius 1 is 1.35 bits per heavy atom. The lowest BCUT2D eigenvalue weighted by Crippen LogP contribution is -2.36. The zero-order valence-corrected chi connectivity index (χ0v) is 13.0. The molecule has 2 rings (SSSR count). The number of hydrogen-bond donors (Lipinski definition) is 1. The Hall–Kier alpha value is -1.51. The number of hydrogen-bond acceptors (Lipinski definition) is 2. The first-order chi connectivity index (χ1) is 9.39. The lowest BCUT2D eigenvalue weighted by Gasteiger charge is -2.25. The largest absolute Gasteiger partial charge is 0.494 e. The number of fused-ring (bicyclic) bond motifs is 1. The van der Waals surface area contributed by atoms with Crippen molar-refractivity contribution in [1.82, 2.24) is 5.32 Å². The maximum atomic E-state index is 12.4. The molecular weight excluding hydrogens is 250 g/mol. The topological polar surface area (TPSA) is 38.3 Å². The van der Waals surface area contributed by atoms with Gasteiger partial charge in [-0.25, -0.2) is 0 Å². The highest BCUT2D eigenvalue weighted by molar-refractivity contribution is 5.96. The maximum Gasteiger partial charge on any atom is 0.251 e. The number of carbonyl (C=O) groups excluding carboxylic acids is 1. The summed E-state index contributed by atoms with van der Waals surface area (Å²) in [4.78, 5) is 12.4. The smallest absolute Gasteiger partial charge is 0.251 e. The van der Waals surface area contributed by atoms with Crippen molar-refractivity contribution in [2.75, 3.05) is 6.61 Å². The average Bonchev–Trinajstić information content (AvgIpc) is 2.48. The molecule has 1 heterocycles. The van der Waals surface area contributed by atoms with Gasteiger partial charge in [-0.05, 0) is 49.3 Å². The van der Waals surface area contributed by atoms with E-state index in [0.717, 1.165) is 36.1 Å². The van der Waals surface area contributed by atoms with Gasteiger partial charge in [0.15, 0.2) is 0 Å². The molecule has 1 atom stereocenters. The average molecular weight is 275 g/mol. The molecule has 3 nitrogen and oxygen atoms in total. The van der Waals surface area contributed by atoms with Crippen molar-refractivity contribution in [3.05, 3.63) is 29.3 Å². The van der Waals surface area contributed by atoms with Gasteiger partial charge in [0, 0.05) is 11.6 Å². The Labute approximate surface area is 121 Å². The van der Waals surface area contributed by atoms with Crippen molar-refractivity contribution in [1.29, 1.82) is 0 Å². The van der Waals surface area contributed by atoms with Gasteiger partial charge in [0.25, 0.3) is 5.91 Å².